The van der Waals surface area contributed by atoms with Gasteiger partial charge in [0.05, 0.1) is 29.6 Å². The first-order valence-electron chi connectivity index (χ1n) is 13.4. The monoisotopic (exact) mass is 649 g/mol. The zero-order valence-electron chi connectivity index (χ0n) is 22.0. The van der Waals surface area contributed by atoms with E-state index in [1.54, 1.807) is 36.4 Å². The summed E-state index contributed by atoms with van der Waals surface area (Å²) in [6, 6.07) is 14.5. The Morgan fingerprint density at radius 3 is 2.52 bits per heavy atom. The molecule has 7 nitrogen and oxygen atoms in total. The van der Waals surface area contributed by atoms with Crippen molar-refractivity contribution in [1.29, 1.82) is 0 Å². The lowest BCUT2D eigenvalue weighted by Gasteiger charge is -2.33. The molecular formula is C29H25BCl4FN3O4. The molecule has 2 aliphatic heterocycles. The highest BCUT2D eigenvalue weighted by Crippen LogP contribution is 2.50. The van der Waals surface area contributed by atoms with Crippen molar-refractivity contribution in [3.8, 4) is 11.1 Å². The molecular weight excluding hydrogens is 626 g/mol. The van der Waals surface area contributed by atoms with Crippen LogP contribution in [0.4, 0.5) is 15.8 Å². The molecule has 1 saturated carbocycles. The van der Waals surface area contributed by atoms with E-state index in [4.69, 9.17) is 51.5 Å². The molecule has 3 aromatic carbocycles. The number of rotatable bonds is 7. The van der Waals surface area contributed by atoms with Gasteiger partial charge in [0.15, 0.2) is 3.69 Å². The van der Waals surface area contributed by atoms with Crippen molar-refractivity contribution >= 4 is 81.9 Å². The SMILES string of the molecule is O=C(NCC(O)CO)c1ccc(Cl)c(-c2ccc(N3B(C(Cl)(Cl)Cl)c4cccc(F)c4C3=O)c(N3CC4CC4C3)c2)c1. The lowest BCUT2D eigenvalue weighted by atomic mass is 9.57. The minimum Gasteiger partial charge on any atom is -0.394 e. The Hall–Kier alpha value is -2.53. The number of aliphatic hydroxyl groups is 2. The van der Waals surface area contributed by atoms with Crippen molar-refractivity contribution in [2.24, 2.45) is 11.8 Å². The van der Waals surface area contributed by atoms with Crippen LogP contribution in [0.25, 0.3) is 11.1 Å². The number of hydrogen-bond donors (Lipinski definition) is 3. The second-order valence-electron chi connectivity index (χ2n) is 10.9. The van der Waals surface area contributed by atoms with E-state index in [1.807, 2.05) is 6.07 Å². The van der Waals surface area contributed by atoms with Crippen LogP contribution in [0.2, 0.25) is 5.02 Å². The van der Waals surface area contributed by atoms with Crippen LogP contribution < -0.4 is 20.5 Å². The first kappa shape index (κ1) is 29.5. The maximum atomic E-state index is 14.9. The Morgan fingerprint density at radius 1 is 1.10 bits per heavy atom. The van der Waals surface area contributed by atoms with Gasteiger partial charge in [0.2, 0.25) is 5.91 Å². The lowest BCUT2D eigenvalue weighted by Crippen LogP contribution is -2.53. The van der Waals surface area contributed by atoms with Crippen molar-refractivity contribution in [3.63, 3.8) is 0 Å². The van der Waals surface area contributed by atoms with Crippen molar-refractivity contribution in [2.75, 3.05) is 36.0 Å². The summed E-state index contributed by atoms with van der Waals surface area (Å²) < 4.78 is 13.0. The number of nitrogens with zero attached hydrogens (tertiary/aromatic N) is 2. The molecule has 3 N–H and O–H groups in total. The molecule has 0 radical (unpaired) electrons. The molecule has 3 aliphatic rings. The number of piperidine rings is 1. The first-order valence-corrected chi connectivity index (χ1v) is 14.9. The highest BCUT2D eigenvalue weighted by atomic mass is 35.6. The summed E-state index contributed by atoms with van der Waals surface area (Å²) in [5.74, 6) is -0.615. The number of carbonyl (C=O) groups excluding carboxylic acids is 2. The predicted molar refractivity (Wildman–Crippen MR) is 165 cm³/mol. The van der Waals surface area contributed by atoms with Gasteiger partial charge in [-0.15, -0.1) is 0 Å². The minimum absolute atomic E-state index is 0.110. The smallest absolute Gasteiger partial charge is 0.356 e. The normalized spacial score (nSPS) is 20.1. The number of amides is 2. The van der Waals surface area contributed by atoms with Gasteiger partial charge < -0.3 is 25.2 Å². The fourth-order valence-electron chi connectivity index (χ4n) is 5.95. The largest absolute Gasteiger partial charge is 0.394 e. The second-order valence-corrected chi connectivity index (χ2v) is 13.7. The van der Waals surface area contributed by atoms with Crippen molar-refractivity contribution < 1.29 is 24.2 Å². The van der Waals surface area contributed by atoms with Crippen LogP contribution in [-0.4, -0.2) is 64.9 Å². The fraction of sp³-hybridized carbons (Fsp3) is 0.310. The average molecular weight is 651 g/mol. The van der Waals surface area contributed by atoms with E-state index in [0.29, 0.717) is 50.4 Å². The minimum atomic E-state index is -1.95. The zero-order valence-corrected chi connectivity index (χ0v) is 25.1. The van der Waals surface area contributed by atoms with E-state index in [0.717, 1.165) is 19.5 Å². The van der Waals surface area contributed by atoms with Gasteiger partial charge >= 0.3 is 6.85 Å². The second kappa shape index (κ2) is 11.2. The molecule has 3 atom stereocenters. The summed E-state index contributed by atoms with van der Waals surface area (Å²) in [5, 5.41) is 21.6. The number of halogens is 5. The van der Waals surface area contributed by atoms with Gasteiger partial charge in [0, 0.05) is 35.8 Å². The third kappa shape index (κ3) is 5.36. The van der Waals surface area contributed by atoms with Crippen LogP contribution in [0, 0.1) is 17.7 Å². The number of fused-ring (bicyclic) bond motifs is 2. The Labute approximate surface area is 262 Å². The molecule has 1 saturated heterocycles. The third-order valence-electron chi connectivity index (χ3n) is 8.14. The quantitative estimate of drug-likeness (QED) is 0.260. The van der Waals surface area contributed by atoms with E-state index >= 15 is 0 Å². The molecule has 218 valence electrons. The van der Waals surface area contributed by atoms with Gasteiger partial charge in [-0.1, -0.05) is 64.6 Å². The van der Waals surface area contributed by atoms with Gasteiger partial charge in [-0.05, 0) is 65.7 Å². The van der Waals surface area contributed by atoms with Gasteiger partial charge in [-0.3, -0.25) is 9.59 Å². The highest BCUT2D eigenvalue weighted by molar-refractivity contribution is 7.05. The molecule has 3 aromatic rings. The molecule has 0 aromatic heterocycles. The van der Waals surface area contributed by atoms with Gasteiger partial charge in [-0.2, -0.15) is 0 Å². The first-order chi connectivity index (χ1) is 20.0. The highest BCUT2D eigenvalue weighted by Gasteiger charge is 2.54. The Bertz CT molecular complexity index is 1580. The van der Waals surface area contributed by atoms with Gasteiger partial charge in [-0.25, -0.2) is 4.39 Å². The van der Waals surface area contributed by atoms with E-state index in [2.05, 4.69) is 10.2 Å². The molecule has 2 fully saturated rings. The van der Waals surface area contributed by atoms with E-state index in [9.17, 15) is 19.1 Å². The molecule has 42 heavy (non-hydrogen) atoms. The number of aliphatic hydroxyl groups excluding tert-OH is 2. The van der Waals surface area contributed by atoms with Crippen LogP contribution in [0.15, 0.2) is 54.6 Å². The number of alkyl halides is 3. The van der Waals surface area contributed by atoms with E-state index in [-0.39, 0.29) is 12.1 Å². The summed E-state index contributed by atoms with van der Waals surface area (Å²) >= 11 is 25.9. The zero-order chi connectivity index (χ0) is 29.9. The number of carbonyl (C=O) groups is 2. The molecule has 6 rings (SSSR count). The Kier molecular flexibility index (Phi) is 7.87. The summed E-state index contributed by atoms with van der Waals surface area (Å²) in [6.07, 6.45) is 0.0715. The average Bonchev–Trinajstić information content (AvgIpc) is 3.43. The van der Waals surface area contributed by atoms with Crippen LogP contribution in [0.5, 0.6) is 0 Å². The number of benzene rings is 3. The van der Waals surface area contributed by atoms with Gasteiger partial charge in [0.1, 0.15) is 5.82 Å². The van der Waals surface area contributed by atoms with Crippen LogP contribution in [-0.2, 0) is 0 Å². The van der Waals surface area contributed by atoms with E-state index in [1.165, 1.54) is 16.9 Å². The summed E-state index contributed by atoms with van der Waals surface area (Å²) in [4.78, 5) is 30.1. The van der Waals surface area contributed by atoms with Crippen LogP contribution in [0.1, 0.15) is 27.1 Å². The lowest BCUT2D eigenvalue weighted by molar-refractivity contribution is 0.0802. The van der Waals surface area contributed by atoms with Crippen molar-refractivity contribution in [1.82, 2.24) is 5.32 Å². The Morgan fingerprint density at radius 2 is 1.83 bits per heavy atom. The van der Waals surface area contributed by atoms with Crippen molar-refractivity contribution in [3.05, 3.63) is 76.6 Å². The molecule has 2 amide bonds. The third-order valence-corrected chi connectivity index (χ3v) is 9.09. The van der Waals surface area contributed by atoms with Gasteiger partial charge in [0.25, 0.3) is 5.91 Å². The number of hydrogen-bond acceptors (Lipinski definition) is 5. The predicted octanol–water partition coefficient (Wildman–Crippen LogP) is 4.45. The fourth-order valence-corrected chi connectivity index (χ4v) is 6.82. The molecule has 2 heterocycles. The van der Waals surface area contributed by atoms with E-state index < -0.39 is 40.9 Å². The molecule has 0 spiro atoms. The van der Waals surface area contributed by atoms with Crippen LogP contribution in [0.3, 0.4) is 0 Å². The standard InChI is InChI=1S/C29H25BCl4FN3O4/c31-22-6-4-16(27(41)36-11-19(40)14-39)9-20(22)15-5-7-24(25(10-15)37-12-17-8-18(17)13-37)38-28(42)26-21(2-1-3-23(26)35)30(38)29(32,33)34/h1-7,9-10,17-19,39-40H,8,11-14H2,(H,36,41). The maximum absolute atomic E-state index is 14.9. The van der Waals surface area contributed by atoms with Crippen LogP contribution >= 0.6 is 46.4 Å². The molecule has 13 heteroatoms. The summed E-state index contributed by atoms with van der Waals surface area (Å²) in [5.41, 5.74) is 2.92. The molecule has 0 bridgehead atoms. The maximum Gasteiger partial charge on any atom is 0.356 e. The summed E-state index contributed by atoms with van der Waals surface area (Å²) in [6.45, 7) is -0.0815. The Balaban J connectivity index is 1.43. The number of nitrogens with one attached hydrogen (secondary N) is 1. The summed E-state index contributed by atoms with van der Waals surface area (Å²) in [7, 11) is 0. The van der Waals surface area contributed by atoms with Crippen molar-refractivity contribution in [2.45, 2.75) is 16.2 Å². The molecule has 1 aliphatic carbocycles. The topological polar surface area (TPSA) is 93.1 Å². The molecule has 3 unspecified atom stereocenters. The number of anilines is 2.